The Morgan fingerprint density at radius 1 is 1.36 bits per heavy atom. The van der Waals surface area contributed by atoms with Crippen LogP contribution in [-0.4, -0.2) is 32.5 Å². The predicted molar refractivity (Wildman–Crippen MR) is 45.4 cm³/mol. The minimum Gasteiger partial charge on any atom is -0.344 e. The predicted octanol–water partition coefficient (Wildman–Crippen LogP) is 0.320. The van der Waals surface area contributed by atoms with Gasteiger partial charge in [0.05, 0.1) is 0 Å². The van der Waals surface area contributed by atoms with Gasteiger partial charge in [0.2, 0.25) is 7.37 Å². The summed E-state index contributed by atoms with van der Waals surface area (Å²) in [4.78, 5) is 25.9. The van der Waals surface area contributed by atoms with Gasteiger partial charge in [-0.05, 0) is 0 Å². The normalized spacial score (nSPS) is 20.8. The van der Waals surface area contributed by atoms with E-state index in [0.29, 0.717) is 0 Å². The standard InChI is InChI=1S/C3H10O5P2S/c1-9(4,5)3(2-11)10(6,7)8/h3,11H,2H2,1H3,(H,4,5)(H2,6,7,8). The van der Waals surface area contributed by atoms with Gasteiger partial charge in [-0.2, -0.15) is 12.6 Å². The molecule has 0 radical (unpaired) electrons. The molecule has 8 heteroatoms. The molecule has 0 spiro atoms. The lowest BCUT2D eigenvalue weighted by molar-refractivity contribution is 0.366. The summed E-state index contributed by atoms with van der Waals surface area (Å²) in [7, 11) is -8.22. The second-order valence-corrected chi connectivity index (χ2v) is 7.28. The zero-order chi connectivity index (χ0) is 9.28. The highest BCUT2D eigenvalue weighted by molar-refractivity contribution is 7.83. The fourth-order valence-corrected chi connectivity index (χ4v) is 4.83. The summed E-state index contributed by atoms with van der Waals surface area (Å²) in [6.45, 7) is 0.910. The molecule has 0 aliphatic heterocycles. The lowest BCUT2D eigenvalue weighted by atomic mass is 10.9. The van der Waals surface area contributed by atoms with Gasteiger partial charge in [-0.15, -0.1) is 0 Å². The molecule has 0 rings (SSSR count). The Hall–Kier alpha value is 0.690. The van der Waals surface area contributed by atoms with Gasteiger partial charge in [0.25, 0.3) is 0 Å². The molecule has 0 bridgehead atoms. The fraction of sp³-hybridized carbons (Fsp3) is 1.00. The Kier molecular flexibility index (Phi) is 3.83. The van der Waals surface area contributed by atoms with Crippen molar-refractivity contribution in [2.45, 2.75) is 5.40 Å². The first-order chi connectivity index (χ1) is 4.69. The Morgan fingerprint density at radius 2 is 1.73 bits per heavy atom. The van der Waals surface area contributed by atoms with Crippen LogP contribution in [0.25, 0.3) is 0 Å². The second-order valence-electron chi connectivity index (χ2n) is 2.20. The van der Waals surface area contributed by atoms with Crippen LogP contribution in [0.15, 0.2) is 0 Å². The third-order valence-corrected chi connectivity index (χ3v) is 6.48. The molecular formula is C3H10O5P2S. The third-order valence-electron chi connectivity index (χ3n) is 1.10. The van der Waals surface area contributed by atoms with Crippen molar-refractivity contribution in [3.05, 3.63) is 0 Å². The van der Waals surface area contributed by atoms with E-state index in [0.717, 1.165) is 6.66 Å². The molecule has 3 N–H and O–H groups in total. The first-order valence-corrected chi connectivity index (χ1v) is 7.14. The van der Waals surface area contributed by atoms with Crippen molar-refractivity contribution in [3.63, 3.8) is 0 Å². The van der Waals surface area contributed by atoms with E-state index < -0.39 is 20.4 Å². The van der Waals surface area contributed by atoms with Crippen molar-refractivity contribution in [1.29, 1.82) is 0 Å². The minimum atomic E-state index is -4.49. The third kappa shape index (κ3) is 3.74. The average molecular weight is 220 g/mol. The van der Waals surface area contributed by atoms with Gasteiger partial charge in [-0.25, -0.2) is 0 Å². The Balaban J connectivity index is 4.72. The Morgan fingerprint density at radius 3 is 1.73 bits per heavy atom. The molecule has 0 heterocycles. The molecule has 5 nitrogen and oxygen atoms in total. The van der Waals surface area contributed by atoms with Crippen LogP contribution in [-0.2, 0) is 9.13 Å². The van der Waals surface area contributed by atoms with Crippen molar-refractivity contribution in [3.8, 4) is 0 Å². The average Bonchev–Trinajstić information content (AvgIpc) is 1.56. The molecule has 0 aromatic carbocycles. The summed E-state index contributed by atoms with van der Waals surface area (Å²) < 4.78 is 21.3. The molecular weight excluding hydrogens is 210 g/mol. The Labute approximate surface area is 69.8 Å². The molecule has 11 heavy (non-hydrogen) atoms. The van der Waals surface area contributed by atoms with Gasteiger partial charge in [0.15, 0.2) is 0 Å². The fourth-order valence-electron chi connectivity index (χ4n) is 0.537. The number of thiol groups is 1. The maximum Gasteiger partial charge on any atom is 0.339 e. The topological polar surface area (TPSA) is 94.8 Å². The molecule has 0 saturated carbocycles. The smallest absolute Gasteiger partial charge is 0.339 e. The molecule has 0 saturated heterocycles. The van der Waals surface area contributed by atoms with E-state index in [9.17, 15) is 9.13 Å². The number of rotatable bonds is 3. The Bertz CT molecular complexity index is 194. The van der Waals surface area contributed by atoms with Crippen LogP contribution >= 0.6 is 27.6 Å². The second kappa shape index (κ2) is 3.60. The van der Waals surface area contributed by atoms with E-state index in [4.69, 9.17) is 14.7 Å². The van der Waals surface area contributed by atoms with Crippen molar-refractivity contribution in [2.24, 2.45) is 0 Å². The van der Waals surface area contributed by atoms with Crippen LogP contribution in [0.1, 0.15) is 0 Å². The van der Waals surface area contributed by atoms with Gasteiger partial charge in [-0.3, -0.25) is 9.13 Å². The molecule has 0 amide bonds. The lowest BCUT2D eigenvalue weighted by Gasteiger charge is -2.18. The van der Waals surface area contributed by atoms with Crippen LogP contribution in [0.3, 0.4) is 0 Å². The summed E-state index contributed by atoms with van der Waals surface area (Å²) in [6, 6.07) is 0. The summed E-state index contributed by atoms with van der Waals surface area (Å²) >= 11 is 3.58. The van der Waals surface area contributed by atoms with Gasteiger partial charge >= 0.3 is 7.60 Å². The van der Waals surface area contributed by atoms with Crippen LogP contribution < -0.4 is 0 Å². The van der Waals surface area contributed by atoms with E-state index in [1.165, 1.54) is 0 Å². The molecule has 68 valence electrons. The van der Waals surface area contributed by atoms with Gasteiger partial charge in [0.1, 0.15) is 5.40 Å². The lowest BCUT2D eigenvalue weighted by Crippen LogP contribution is -2.10. The molecule has 0 fully saturated rings. The van der Waals surface area contributed by atoms with Gasteiger partial charge in [0, 0.05) is 12.4 Å². The zero-order valence-electron chi connectivity index (χ0n) is 5.78. The molecule has 0 aliphatic carbocycles. The van der Waals surface area contributed by atoms with E-state index in [-0.39, 0.29) is 5.75 Å². The molecule has 0 aromatic rings. The van der Waals surface area contributed by atoms with E-state index in [2.05, 4.69) is 12.6 Å². The largest absolute Gasteiger partial charge is 0.344 e. The summed E-state index contributed by atoms with van der Waals surface area (Å²) in [5, 5.41) is -1.54. The van der Waals surface area contributed by atoms with Crippen LogP contribution in [0, 0.1) is 0 Å². The van der Waals surface area contributed by atoms with Gasteiger partial charge in [-0.1, -0.05) is 0 Å². The summed E-state index contributed by atoms with van der Waals surface area (Å²) in [5.41, 5.74) is 0. The number of hydrogen-bond acceptors (Lipinski definition) is 3. The highest BCUT2D eigenvalue weighted by atomic mass is 32.1. The molecule has 2 unspecified atom stereocenters. The maximum absolute atomic E-state index is 10.8. The minimum absolute atomic E-state index is 0.297. The molecule has 0 aromatic heterocycles. The van der Waals surface area contributed by atoms with Crippen molar-refractivity contribution in [2.75, 3.05) is 12.4 Å². The highest BCUT2D eigenvalue weighted by Crippen LogP contribution is 2.60. The first-order valence-electron chi connectivity index (χ1n) is 2.65. The van der Waals surface area contributed by atoms with Crippen molar-refractivity contribution >= 4 is 27.6 Å². The summed E-state index contributed by atoms with van der Waals surface area (Å²) in [5.74, 6) is -0.297. The highest BCUT2D eigenvalue weighted by Gasteiger charge is 2.39. The van der Waals surface area contributed by atoms with Crippen molar-refractivity contribution < 1.29 is 23.8 Å². The van der Waals surface area contributed by atoms with E-state index >= 15 is 0 Å². The van der Waals surface area contributed by atoms with Crippen LogP contribution in [0.2, 0.25) is 0 Å². The van der Waals surface area contributed by atoms with Crippen LogP contribution in [0.4, 0.5) is 0 Å². The van der Waals surface area contributed by atoms with E-state index in [1.54, 1.807) is 0 Å². The van der Waals surface area contributed by atoms with Crippen molar-refractivity contribution in [1.82, 2.24) is 0 Å². The van der Waals surface area contributed by atoms with Gasteiger partial charge < -0.3 is 14.7 Å². The SMILES string of the molecule is CP(=O)(O)C(CS)P(=O)(O)O. The monoisotopic (exact) mass is 220 g/mol. The molecule has 0 aliphatic rings. The maximum atomic E-state index is 10.8. The summed E-state index contributed by atoms with van der Waals surface area (Å²) in [6.07, 6.45) is 0. The number of hydrogen-bond donors (Lipinski definition) is 4. The first kappa shape index (κ1) is 11.7. The van der Waals surface area contributed by atoms with E-state index in [1.807, 2.05) is 0 Å². The quantitative estimate of drug-likeness (QED) is 0.406. The molecule has 2 atom stereocenters. The van der Waals surface area contributed by atoms with Crippen LogP contribution in [0.5, 0.6) is 0 Å². The zero-order valence-corrected chi connectivity index (χ0v) is 8.47.